The fraction of sp³-hybridized carbons (Fsp3) is 0. The summed E-state index contributed by atoms with van der Waals surface area (Å²) in [6.07, 6.45) is 0. The minimum Gasteiger partial charge on any atom is -0.425 e. The van der Waals surface area contributed by atoms with Crippen LogP contribution in [-0.4, -0.2) is 19.6 Å². The molecule has 0 aliphatic rings. The predicted octanol–water partition coefficient (Wildman–Crippen LogP) is 4.89. The summed E-state index contributed by atoms with van der Waals surface area (Å²) in [5, 5.41) is 6.31. The molecule has 0 saturated carbocycles. The van der Waals surface area contributed by atoms with E-state index in [4.69, 9.17) is 17.0 Å². The number of hydrogen-bond donors (Lipinski definition) is 1. The molecule has 120 valence electrons. The molecule has 0 aliphatic heterocycles. The lowest BCUT2D eigenvalue weighted by atomic mass is 10.1. The van der Waals surface area contributed by atoms with Gasteiger partial charge in [0.05, 0.1) is 5.52 Å². The fourth-order valence-electron chi connectivity index (χ4n) is 2.94. The Labute approximate surface area is 147 Å². The van der Waals surface area contributed by atoms with E-state index in [1.807, 2.05) is 42.5 Å². The molecule has 0 aliphatic carbocycles. The summed E-state index contributed by atoms with van der Waals surface area (Å²) >= 11 is 5.46. The number of H-pyrrole nitrogens is 1. The van der Waals surface area contributed by atoms with E-state index in [9.17, 15) is 0 Å². The smallest absolute Gasteiger partial charge is 0.318 e. The van der Waals surface area contributed by atoms with Crippen molar-refractivity contribution >= 4 is 39.7 Å². The van der Waals surface area contributed by atoms with Crippen LogP contribution in [-0.2, 0) is 0 Å². The van der Waals surface area contributed by atoms with Crippen molar-refractivity contribution < 1.29 is 4.74 Å². The summed E-state index contributed by atoms with van der Waals surface area (Å²) < 4.78 is 8.11. The SMILES string of the molecule is S=c1nc2nc(Oc3ccccc3)[nH]n2c2cc3ccccc3cc12. The normalized spacial score (nSPS) is 11.4. The van der Waals surface area contributed by atoms with Gasteiger partial charge in [0.25, 0.3) is 5.78 Å². The zero-order valence-corrected chi connectivity index (χ0v) is 13.8. The second kappa shape index (κ2) is 5.39. The van der Waals surface area contributed by atoms with E-state index < -0.39 is 0 Å². The van der Waals surface area contributed by atoms with E-state index in [0.717, 1.165) is 21.7 Å². The highest BCUT2D eigenvalue weighted by Gasteiger charge is 2.10. The Hall–Kier alpha value is -3.25. The van der Waals surface area contributed by atoms with Gasteiger partial charge in [-0.15, -0.1) is 0 Å². The topological polar surface area (TPSA) is 55.2 Å². The molecule has 6 heteroatoms. The van der Waals surface area contributed by atoms with Gasteiger partial charge in [0.15, 0.2) is 0 Å². The van der Waals surface area contributed by atoms with Crippen molar-refractivity contribution in [2.45, 2.75) is 0 Å². The molecule has 1 N–H and O–H groups in total. The molecule has 0 saturated heterocycles. The number of aromatic amines is 1. The lowest BCUT2D eigenvalue weighted by Gasteiger charge is -2.04. The summed E-state index contributed by atoms with van der Waals surface area (Å²) in [4.78, 5) is 8.83. The molecule has 0 amide bonds. The number of nitrogens with one attached hydrogen (secondary N) is 1. The maximum atomic E-state index is 5.78. The summed E-state index contributed by atoms with van der Waals surface area (Å²) in [6, 6.07) is 22.2. The molecule has 5 aromatic rings. The molecule has 0 fully saturated rings. The molecule has 2 heterocycles. The molecule has 0 spiro atoms. The van der Waals surface area contributed by atoms with E-state index in [-0.39, 0.29) is 0 Å². The Bertz CT molecular complexity index is 1290. The summed E-state index contributed by atoms with van der Waals surface area (Å²) in [5.74, 6) is 1.19. The van der Waals surface area contributed by atoms with Crippen molar-refractivity contribution in [1.82, 2.24) is 19.6 Å². The predicted molar refractivity (Wildman–Crippen MR) is 99.7 cm³/mol. The molecule has 0 unspecified atom stereocenters. The van der Waals surface area contributed by atoms with Crippen molar-refractivity contribution in [2.24, 2.45) is 0 Å². The van der Waals surface area contributed by atoms with Crippen LogP contribution in [0.25, 0.3) is 27.5 Å². The lowest BCUT2D eigenvalue weighted by molar-refractivity contribution is 0.443. The highest BCUT2D eigenvalue weighted by atomic mass is 32.1. The molecule has 2 aromatic heterocycles. The van der Waals surface area contributed by atoms with Crippen LogP contribution in [0.5, 0.6) is 11.8 Å². The zero-order chi connectivity index (χ0) is 16.8. The molecule has 5 rings (SSSR count). The van der Waals surface area contributed by atoms with Gasteiger partial charge in [-0.05, 0) is 35.0 Å². The molecular formula is C19H12N4OS. The Kier molecular flexibility index (Phi) is 3.05. The van der Waals surface area contributed by atoms with E-state index in [1.54, 1.807) is 4.52 Å². The number of benzene rings is 3. The zero-order valence-electron chi connectivity index (χ0n) is 13.0. The van der Waals surface area contributed by atoms with Gasteiger partial charge in [0.2, 0.25) is 0 Å². The molecule has 3 aromatic carbocycles. The standard InChI is InChI=1S/C19H12N4OS/c25-17-15-10-12-6-4-5-7-13(12)11-16(15)23-18(20-17)21-19(22-23)24-14-8-2-1-3-9-14/h1-11H,(H,20,21,22,25). The Morgan fingerprint density at radius 3 is 2.40 bits per heavy atom. The molecule has 0 atom stereocenters. The van der Waals surface area contributed by atoms with Gasteiger partial charge in [-0.2, -0.15) is 9.97 Å². The number of hydrogen-bond acceptors (Lipinski definition) is 4. The third kappa shape index (κ3) is 2.35. The Balaban J connectivity index is 1.76. The third-order valence-corrected chi connectivity index (χ3v) is 4.41. The van der Waals surface area contributed by atoms with Crippen molar-refractivity contribution in [2.75, 3.05) is 0 Å². The molecular weight excluding hydrogens is 332 g/mol. The van der Waals surface area contributed by atoms with Crippen LogP contribution >= 0.6 is 12.2 Å². The van der Waals surface area contributed by atoms with Crippen LogP contribution in [0.4, 0.5) is 0 Å². The van der Waals surface area contributed by atoms with Gasteiger partial charge < -0.3 is 4.74 Å². The fourth-order valence-corrected chi connectivity index (χ4v) is 3.18. The van der Waals surface area contributed by atoms with Crippen molar-refractivity contribution in [3.05, 3.63) is 71.4 Å². The van der Waals surface area contributed by atoms with Crippen LogP contribution in [0, 0.1) is 4.64 Å². The maximum Gasteiger partial charge on any atom is 0.318 e. The lowest BCUT2D eigenvalue weighted by Crippen LogP contribution is -1.95. The van der Waals surface area contributed by atoms with Gasteiger partial charge in [-0.25, -0.2) is 9.61 Å². The average Bonchev–Trinajstić information content (AvgIpc) is 3.04. The summed E-state index contributed by atoms with van der Waals surface area (Å²) in [7, 11) is 0. The minimum atomic E-state index is 0.369. The van der Waals surface area contributed by atoms with Crippen LogP contribution < -0.4 is 4.74 Å². The van der Waals surface area contributed by atoms with Gasteiger partial charge in [0.1, 0.15) is 10.4 Å². The van der Waals surface area contributed by atoms with Crippen LogP contribution in [0.3, 0.4) is 0 Å². The largest absolute Gasteiger partial charge is 0.425 e. The first-order chi connectivity index (χ1) is 12.3. The monoisotopic (exact) mass is 344 g/mol. The first-order valence-corrected chi connectivity index (χ1v) is 8.23. The minimum absolute atomic E-state index is 0.369. The van der Waals surface area contributed by atoms with Gasteiger partial charge >= 0.3 is 6.01 Å². The van der Waals surface area contributed by atoms with Gasteiger partial charge in [-0.1, -0.05) is 54.7 Å². The molecule has 0 bridgehead atoms. The van der Waals surface area contributed by atoms with Crippen LogP contribution in [0.1, 0.15) is 0 Å². The number of nitrogens with zero attached hydrogens (tertiary/aromatic N) is 3. The number of ether oxygens (including phenoxy) is 1. The van der Waals surface area contributed by atoms with Crippen molar-refractivity contribution in [3.8, 4) is 11.8 Å². The highest BCUT2D eigenvalue weighted by Crippen LogP contribution is 2.25. The second-order valence-corrected chi connectivity index (χ2v) is 6.10. The number of aromatic nitrogens is 4. The number of para-hydroxylation sites is 1. The highest BCUT2D eigenvalue weighted by molar-refractivity contribution is 7.71. The van der Waals surface area contributed by atoms with Crippen LogP contribution in [0.15, 0.2) is 66.7 Å². The molecule has 0 radical (unpaired) electrons. The van der Waals surface area contributed by atoms with E-state index in [2.05, 4.69) is 39.3 Å². The van der Waals surface area contributed by atoms with Gasteiger partial charge in [0, 0.05) is 5.39 Å². The first-order valence-electron chi connectivity index (χ1n) is 7.82. The quantitative estimate of drug-likeness (QED) is 0.366. The second-order valence-electron chi connectivity index (χ2n) is 5.71. The van der Waals surface area contributed by atoms with E-state index >= 15 is 0 Å². The van der Waals surface area contributed by atoms with Crippen molar-refractivity contribution in [1.29, 1.82) is 0 Å². The number of fused-ring (bicyclic) bond motifs is 4. The average molecular weight is 344 g/mol. The Morgan fingerprint density at radius 1 is 0.880 bits per heavy atom. The summed E-state index contributed by atoms with van der Waals surface area (Å²) in [5.41, 5.74) is 0.920. The van der Waals surface area contributed by atoms with E-state index in [0.29, 0.717) is 22.2 Å². The van der Waals surface area contributed by atoms with Crippen molar-refractivity contribution in [3.63, 3.8) is 0 Å². The number of rotatable bonds is 2. The van der Waals surface area contributed by atoms with Crippen LogP contribution in [0.2, 0.25) is 0 Å². The molecule has 25 heavy (non-hydrogen) atoms. The first kappa shape index (κ1) is 14.1. The van der Waals surface area contributed by atoms with Gasteiger partial charge in [-0.3, -0.25) is 0 Å². The van der Waals surface area contributed by atoms with E-state index in [1.165, 1.54) is 0 Å². The Morgan fingerprint density at radius 2 is 1.60 bits per heavy atom. The third-order valence-electron chi connectivity index (χ3n) is 4.10. The molecule has 5 nitrogen and oxygen atoms in total. The summed E-state index contributed by atoms with van der Waals surface area (Å²) in [6.45, 7) is 0. The maximum absolute atomic E-state index is 5.78.